The molecule has 0 saturated carbocycles. The summed E-state index contributed by atoms with van der Waals surface area (Å²) in [5, 5.41) is 13.4. The minimum Gasteiger partial charge on any atom is -0.382 e. The first-order valence-electron chi connectivity index (χ1n) is 6.85. The lowest BCUT2D eigenvalue weighted by atomic mass is 10.0. The Labute approximate surface area is 138 Å². The molecule has 0 amide bonds. The third-order valence-corrected chi connectivity index (χ3v) is 4.37. The molecule has 0 spiro atoms. The predicted octanol–water partition coefficient (Wildman–Crippen LogP) is 5.26. The fourth-order valence-corrected chi connectivity index (χ4v) is 2.99. The van der Waals surface area contributed by atoms with Gasteiger partial charge in [0.25, 0.3) is 0 Å². The van der Waals surface area contributed by atoms with Crippen LogP contribution in [0.2, 0.25) is 5.02 Å². The molecule has 0 bridgehead atoms. The maximum absolute atomic E-state index is 10.7. The van der Waals surface area contributed by atoms with Crippen LogP contribution in [-0.2, 0) is 0 Å². The standard InChI is InChI=1S/C18H14ClNOS/c19-14-8-10-15(11-9-14)20-17(16-7-4-12-22-16)18(21)13-5-2-1-3-6-13/h1-12,18,21H/b20-17+. The first-order chi connectivity index (χ1) is 10.7. The lowest BCUT2D eigenvalue weighted by Crippen LogP contribution is -2.12. The molecule has 0 aliphatic rings. The summed E-state index contributed by atoms with van der Waals surface area (Å²) < 4.78 is 0. The van der Waals surface area contributed by atoms with Crippen LogP contribution in [0.15, 0.2) is 77.1 Å². The molecule has 0 aliphatic heterocycles. The van der Waals surface area contributed by atoms with Gasteiger partial charge in [-0.2, -0.15) is 0 Å². The van der Waals surface area contributed by atoms with Gasteiger partial charge in [-0.3, -0.25) is 0 Å². The molecule has 3 rings (SSSR count). The van der Waals surface area contributed by atoms with Crippen LogP contribution in [0.3, 0.4) is 0 Å². The molecule has 1 unspecified atom stereocenters. The number of rotatable bonds is 4. The summed E-state index contributed by atoms with van der Waals surface area (Å²) in [6.45, 7) is 0. The summed E-state index contributed by atoms with van der Waals surface area (Å²) in [6, 6.07) is 20.7. The Bertz CT molecular complexity index is 752. The van der Waals surface area contributed by atoms with E-state index in [-0.39, 0.29) is 0 Å². The highest BCUT2D eigenvalue weighted by atomic mass is 35.5. The van der Waals surface area contributed by atoms with Crippen molar-refractivity contribution in [2.24, 2.45) is 4.99 Å². The molecular weight excluding hydrogens is 314 g/mol. The Morgan fingerprint density at radius 3 is 2.32 bits per heavy atom. The smallest absolute Gasteiger partial charge is 0.122 e. The number of aliphatic hydroxyl groups excluding tert-OH is 1. The summed E-state index contributed by atoms with van der Waals surface area (Å²) in [5.74, 6) is 0. The molecule has 1 atom stereocenters. The number of nitrogens with zero attached hydrogens (tertiary/aromatic N) is 1. The molecule has 2 nitrogen and oxygen atoms in total. The first-order valence-corrected chi connectivity index (χ1v) is 8.11. The van der Waals surface area contributed by atoms with Gasteiger partial charge in [0.05, 0.1) is 16.3 Å². The second-order valence-electron chi connectivity index (χ2n) is 4.76. The van der Waals surface area contributed by atoms with Crippen molar-refractivity contribution < 1.29 is 5.11 Å². The fourth-order valence-electron chi connectivity index (χ4n) is 2.12. The van der Waals surface area contributed by atoms with Crippen molar-refractivity contribution >= 4 is 34.3 Å². The summed E-state index contributed by atoms with van der Waals surface area (Å²) in [7, 11) is 0. The number of thiophene rings is 1. The van der Waals surface area contributed by atoms with Crippen LogP contribution in [0.5, 0.6) is 0 Å². The second-order valence-corrected chi connectivity index (χ2v) is 6.15. The molecule has 0 radical (unpaired) electrons. The molecule has 1 aromatic heterocycles. The van der Waals surface area contributed by atoms with Gasteiger partial charge in [-0.25, -0.2) is 4.99 Å². The van der Waals surface area contributed by atoms with Gasteiger partial charge in [0.1, 0.15) is 6.10 Å². The highest BCUT2D eigenvalue weighted by molar-refractivity contribution is 7.12. The number of halogens is 1. The van der Waals surface area contributed by atoms with Crippen LogP contribution < -0.4 is 0 Å². The summed E-state index contributed by atoms with van der Waals surface area (Å²) >= 11 is 7.47. The molecule has 0 fully saturated rings. The van der Waals surface area contributed by atoms with Crippen molar-refractivity contribution in [2.75, 3.05) is 0 Å². The minimum absolute atomic E-state index is 0.642. The lowest BCUT2D eigenvalue weighted by Gasteiger charge is -2.13. The number of hydrogen-bond donors (Lipinski definition) is 1. The first kappa shape index (κ1) is 15.0. The minimum atomic E-state index is -0.768. The van der Waals surface area contributed by atoms with Gasteiger partial charge in [0, 0.05) is 5.02 Å². The van der Waals surface area contributed by atoms with Crippen molar-refractivity contribution in [3.63, 3.8) is 0 Å². The van der Waals surface area contributed by atoms with E-state index in [0.29, 0.717) is 10.7 Å². The number of hydrogen-bond acceptors (Lipinski definition) is 3. The summed E-state index contributed by atoms with van der Waals surface area (Å²) in [6.07, 6.45) is -0.768. The quantitative estimate of drug-likeness (QED) is 0.652. The molecule has 110 valence electrons. The van der Waals surface area contributed by atoms with Crippen LogP contribution >= 0.6 is 22.9 Å². The molecule has 2 aromatic carbocycles. The van der Waals surface area contributed by atoms with E-state index < -0.39 is 6.10 Å². The lowest BCUT2D eigenvalue weighted by molar-refractivity contribution is 0.248. The Kier molecular flexibility index (Phi) is 4.68. The maximum Gasteiger partial charge on any atom is 0.122 e. The normalized spacial score (nSPS) is 13.1. The number of aliphatic hydroxyl groups is 1. The van der Waals surface area contributed by atoms with Gasteiger partial charge >= 0.3 is 0 Å². The van der Waals surface area contributed by atoms with E-state index in [4.69, 9.17) is 11.6 Å². The van der Waals surface area contributed by atoms with Crippen molar-refractivity contribution in [3.05, 3.63) is 87.6 Å². The second kappa shape index (κ2) is 6.88. The van der Waals surface area contributed by atoms with E-state index in [0.717, 1.165) is 16.1 Å². The van der Waals surface area contributed by atoms with Crippen LogP contribution in [-0.4, -0.2) is 10.8 Å². The van der Waals surface area contributed by atoms with E-state index >= 15 is 0 Å². The van der Waals surface area contributed by atoms with Crippen molar-refractivity contribution in [1.82, 2.24) is 0 Å². The Balaban J connectivity index is 2.03. The highest BCUT2D eigenvalue weighted by Crippen LogP contribution is 2.26. The van der Waals surface area contributed by atoms with Gasteiger partial charge in [0.2, 0.25) is 0 Å². The van der Waals surface area contributed by atoms with Crippen molar-refractivity contribution in [2.45, 2.75) is 6.10 Å². The molecule has 3 aromatic rings. The van der Waals surface area contributed by atoms with E-state index in [2.05, 4.69) is 4.99 Å². The zero-order chi connectivity index (χ0) is 15.4. The zero-order valence-corrected chi connectivity index (χ0v) is 13.3. The van der Waals surface area contributed by atoms with Crippen molar-refractivity contribution in [3.8, 4) is 0 Å². The molecule has 4 heteroatoms. The molecule has 22 heavy (non-hydrogen) atoms. The van der Waals surface area contributed by atoms with Crippen molar-refractivity contribution in [1.29, 1.82) is 0 Å². The SMILES string of the molecule is OC(/C(=N/c1ccc(Cl)cc1)c1cccs1)c1ccccc1. The Morgan fingerprint density at radius 2 is 1.68 bits per heavy atom. The molecular formula is C18H14ClNOS. The third-order valence-electron chi connectivity index (χ3n) is 3.22. The summed E-state index contributed by atoms with van der Waals surface area (Å²) in [4.78, 5) is 5.59. The van der Waals surface area contributed by atoms with Crippen LogP contribution in [0, 0.1) is 0 Å². The largest absolute Gasteiger partial charge is 0.382 e. The van der Waals surface area contributed by atoms with E-state index in [1.54, 1.807) is 23.5 Å². The van der Waals surface area contributed by atoms with Gasteiger partial charge in [-0.1, -0.05) is 48.0 Å². The topological polar surface area (TPSA) is 32.6 Å². The molecule has 1 heterocycles. The zero-order valence-electron chi connectivity index (χ0n) is 11.7. The Hall–Kier alpha value is -1.94. The molecule has 0 saturated heterocycles. The number of benzene rings is 2. The van der Waals surface area contributed by atoms with E-state index in [9.17, 15) is 5.11 Å². The highest BCUT2D eigenvalue weighted by Gasteiger charge is 2.18. The van der Waals surface area contributed by atoms with Crippen LogP contribution in [0.4, 0.5) is 5.69 Å². The van der Waals surface area contributed by atoms with E-state index in [1.807, 2.05) is 60.0 Å². The average molecular weight is 328 g/mol. The van der Waals surface area contributed by atoms with Gasteiger partial charge in [-0.05, 0) is 41.3 Å². The van der Waals surface area contributed by atoms with Crippen LogP contribution in [0.1, 0.15) is 16.5 Å². The monoisotopic (exact) mass is 327 g/mol. The Morgan fingerprint density at radius 1 is 0.955 bits per heavy atom. The third kappa shape index (κ3) is 3.45. The maximum atomic E-state index is 10.7. The van der Waals surface area contributed by atoms with Gasteiger partial charge in [-0.15, -0.1) is 11.3 Å². The number of aliphatic imine (C=N–C) groups is 1. The average Bonchev–Trinajstić information content (AvgIpc) is 3.09. The van der Waals surface area contributed by atoms with Gasteiger partial charge < -0.3 is 5.11 Å². The summed E-state index contributed by atoms with van der Waals surface area (Å²) in [5.41, 5.74) is 2.23. The van der Waals surface area contributed by atoms with E-state index in [1.165, 1.54) is 0 Å². The molecule has 0 aliphatic carbocycles. The van der Waals surface area contributed by atoms with Gasteiger partial charge in [0.15, 0.2) is 0 Å². The molecule has 1 N–H and O–H groups in total. The van der Waals surface area contributed by atoms with Crippen LogP contribution in [0.25, 0.3) is 0 Å². The predicted molar refractivity (Wildman–Crippen MR) is 93.4 cm³/mol. The fraction of sp³-hybridized carbons (Fsp3) is 0.0556.